The van der Waals surface area contributed by atoms with E-state index in [1.807, 2.05) is 111 Å². The Balaban J connectivity index is 0.000000209. The minimum atomic E-state index is -0.892. The zero-order valence-corrected chi connectivity index (χ0v) is 89.3. The number of carbonyl (C=O) groups is 13. The third-order valence-electron chi connectivity index (χ3n) is 27.4. The summed E-state index contributed by atoms with van der Waals surface area (Å²) in [5.74, 6) is -1.75. The molecule has 38 heteroatoms. The van der Waals surface area contributed by atoms with Gasteiger partial charge in [0.25, 0.3) is 0 Å². The van der Waals surface area contributed by atoms with Gasteiger partial charge in [-0.25, -0.2) is 43.3 Å². The summed E-state index contributed by atoms with van der Waals surface area (Å²) in [4.78, 5) is 196. The Hall–Kier alpha value is -11.5. The lowest BCUT2D eigenvalue weighted by Crippen LogP contribution is -2.58. The highest BCUT2D eigenvalue weighted by Gasteiger charge is 2.53. The summed E-state index contributed by atoms with van der Waals surface area (Å²) >= 11 is 3.13. The van der Waals surface area contributed by atoms with E-state index in [0.717, 1.165) is 108 Å². The van der Waals surface area contributed by atoms with Crippen molar-refractivity contribution in [3.05, 3.63) is 115 Å². The van der Waals surface area contributed by atoms with Crippen LogP contribution in [-0.4, -0.2) is 254 Å². The molecule has 3 aromatic carbocycles. The van der Waals surface area contributed by atoms with Crippen molar-refractivity contribution >= 4 is 123 Å². The number of likely N-dealkylation sites (tertiary alicyclic amines) is 3. The van der Waals surface area contributed by atoms with Gasteiger partial charge in [0.1, 0.15) is 76.6 Å². The van der Waals surface area contributed by atoms with Gasteiger partial charge >= 0.3 is 31.5 Å². The molecular weight excluding hydrogens is 1890 g/mol. The molecule has 782 valence electrons. The molecule has 7 aliphatic rings. The number of anilines is 3. The lowest BCUT2D eigenvalue weighted by atomic mass is 9.77. The van der Waals surface area contributed by atoms with Crippen molar-refractivity contribution in [1.29, 1.82) is 0 Å². The molecule has 7 fully saturated rings. The predicted molar refractivity (Wildman–Crippen MR) is 549 cm³/mol. The lowest BCUT2D eigenvalue weighted by molar-refractivity contribution is -0.142. The molecule has 9 atom stereocenters. The van der Waals surface area contributed by atoms with Crippen LogP contribution in [0.4, 0.5) is 36.2 Å². The molecule has 7 N–H and O–H groups in total. The summed E-state index contributed by atoms with van der Waals surface area (Å²) in [6.45, 7) is 37.6. The summed E-state index contributed by atoms with van der Waals surface area (Å²) < 4.78 is 37.1. The number of amides is 11. The fourth-order valence-corrected chi connectivity index (χ4v) is 18.9. The Morgan fingerprint density at radius 3 is 1.17 bits per heavy atom. The molecule has 3 aliphatic carbocycles. The van der Waals surface area contributed by atoms with Crippen molar-refractivity contribution in [3.8, 4) is 22.8 Å². The Labute approximate surface area is 851 Å². The third kappa shape index (κ3) is 31.0. The number of hydrogen-bond donors (Lipinski definition) is 7. The van der Waals surface area contributed by atoms with Crippen molar-refractivity contribution in [2.45, 2.75) is 362 Å². The first-order chi connectivity index (χ1) is 67.3. The molecule has 13 rings (SSSR count). The molecule has 0 radical (unpaired) electrons. The second-order valence-electron chi connectivity index (χ2n) is 43.4. The summed E-state index contributed by atoms with van der Waals surface area (Å²) in [5.41, 5.74) is -0.0529. The summed E-state index contributed by atoms with van der Waals surface area (Å²) in [6, 6.07) is 15.9. The third-order valence-corrected chi connectivity index (χ3v) is 28.0. The van der Waals surface area contributed by atoms with Gasteiger partial charge in [-0.2, -0.15) is 0 Å². The minimum absolute atomic E-state index is 0.0577. The van der Waals surface area contributed by atoms with Crippen molar-refractivity contribution in [2.24, 2.45) is 23.7 Å². The van der Waals surface area contributed by atoms with E-state index in [2.05, 4.69) is 67.8 Å². The van der Waals surface area contributed by atoms with E-state index in [0.29, 0.717) is 96.2 Å². The van der Waals surface area contributed by atoms with Gasteiger partial charge < -0.3 is 79.8 Å². The average Bonchev–Trinajstić information content (AvgIpc) is 1.62. The summed E-state index contributed by atoms with van der Waals surface area (Å²) in [5, 5.41) is 18.1. The van der Waals surface area contributed by atoms with Crippen LogP contribution in [0.5, 0.6) is 0 Å². The van der Waals surface area contributed by atoms with Crippen LogP contribution < -0.4 is 37.4 Å². The number of nitrogens with one attached hydrogen (secondary N) is 7. The van der Waals surface area contributed by atoms with E-state index >= 15 is 0 Å². The number of likely N-dealkylation sites (N-methyl/N-ethyl adjacent to an activating group) is 2. The molecule has 11 amide bonds. The fraction of sp³-hybridized carbons (Fsp3) is 0.619. The number of nitrogens with zero attached hydrogens (tertiary/aromatic N) is 10. The van der Waals surface area contributed by atoms with Crippen LogP contribution in [0.1, 0.15) is 280 Å². The normalized spacial score (nSPS) is 19.5. The molecule has 7 heterocycles. The number of benzene rings is 3. The SMILES string of the molecule is CC(C)(C)OC(=O)n1ccnc1Br.CC[C@@H](C)C(=O)N[C@H](C(=O)N1CCC[C@H]1C(=O)Nc1ccccc1-c1ncc[nH]1)C1CCCCC1.C[C@@H](C(=O)N[C@H](C(=O)N1CCC[C@H]1C(=O)Nc1ccccc1-c1nccn1C(=O)OC(C)(C)C)C1CCCCC1)N(C)C(=O)OC(C)(C)C.C[C@@H](C(=O)N[C@H](C(=O)N1CCC[C@H]1C(=O)Nc1ccccc1B1OC(C)(C)C(C)(C)O1)C1CCCCC1)N(C)C(=O)OC(C)(C)C. The van der Waals surface area contributed by atoms with Gasteiger partial charge in [0.05, 0.1) is 22.6 Å². The molecular formula is C105H153BBrN17O19. The number of aromatic amines is 1. The highest BCUT2D eigenvalue weighted by molar-refractivity contribution is 9.10. The highest BCUT2D eigenvalue weighted by atomic mass is 79.9. The number of rotatable bonds is 24. The van der Waals surface area contributed by atoms with Crippen LogP contribution in [0, 0.1) is 23.7 Å². The van der Waals surface area contributed by atoms with Crippen LogP contribution in [0.3, 0.4) is 0 Å². The zero-order valence-electron chi connectivity index (χ0n) is 87.7. The first-order valence-corrected chi connectivity index (χ1v) is 51.6. The molecule has 143 heavy (non-hydrogen) atoms. The van der Waals surface area contributed by atoms with Crippen molar-refractivity contribution in [3.63, 3.8) is 0 Å². The summed E-state index contributed by atoms with van der Waals surface area (Å²) in [6.07, 6.45) is 25.8. The van der Waals surface area contributed by atoms with E-state index in [-0.39, 0.29) is 65.0 Å². The van der Waals surface area contributed by atoms with E-state index in [4.69, 9.17) is 28.3 Å². The highest BCUT2D eigenvalue weighted by Crippen LogP contribution is 2.40. The van der Waals surface area contributed by atoms with Gasteiger partial charge in [0.15, 0.2) is 10.6 Å². The van der Waals surface area contributed by atoms with E-state index in [1.165, 1.54) is 64.2 Å². The van der Waals surface area contributed by atoms with E-state index in [1.54, 1.807) is 128 Å². The van der Waals surface area contributed by atoms with Gasteiger partial charge in [0.2, 0.25) is 53.2 Å². The number of imidazole rings is 3. The van der Waals surface area contributed by atoms with Crippen molar-refractivity contribution in [2.75, 3.05) is 49.7 Å². The number of para-hydroxylation sites is 3. The second kappa shape index (κ2) is 49.8. The van der Waals surface area contributed by atoms with Crippen LogP contribution in [-0.2, 0) is 71.4 Å². The maximum absolute atomic E-state index is 14.3. The van der Waals surface area contributed by atoms with Gasteiger partial charge in [-0.3, -0.25) is 53.0 Å². The summed E-state index contributed by atoms with van der Waals surface area (Å²) in [7, 11) is 2.35. The van der Waals surface area contributed by atoms with E-state index in [9.17, 15) is 62.3 Å². The number of ether oxygens (including phenoxy) is 4. The molecule has 4 aliphatic heterocycles. The number of hydrogen-bond acceptors (Lipinski definition) is 22. The smallest absolute Gasteiger partial charge is 0.444 e. The first-order valence-electron chi connectivity index (χ1n) is 50.8. The second-order valence-corrected chi connectivity index (χ2v) is 44.1. The van der Waals surface area contributed by atoms with Crippen LogP contribution in [0.25, 0.3) is 22.8 Å². The number of halogens is 1. The molecule has 4 saturated heterocycles. The Morgan fingerprint density at radius 2 is 0.797 bits per heavy atom. The van der Waals surface area contributed by atoms with Crippen molar-refractivity contribution in [1.82, 2.24) is 69.5 Å². The minimum Gasteiger partial charge on any atom is -0.444 e. The average molecular weight is 2050 g/mol. The number of aromatic nitrogens is 6. The Bertz CT molecular complexity index is 5350. The predicted octanol–water partition coefficient (Wildman–Crippen LogP) is 16.4. The molecule has 6 aromatic rings. The molecule has 3 aromatic heterocycles. The standard InChI is InChI=1S/C36H52N6O7.C34H53BN4O7.C27H37N5O3.C8H11BrN2O2/c1-23(40(8)33(46)48-35(2,3)4)30(43)39-28(24-15-10-9-11-16-24)32(45)41-21-14-19-27(41)31(44)38-26-18-13-12-17-25(26)29-37-20-22-42(29)34(47)49-36(5,6)7;1-22(38(9)31(43)44-32(2,3)4)28(40)37-27(23-16-11-10-12-17-23)30(42)39-21-15-20-26(39)29(41)36-25-19-14-13-18-24(25)35-45-33(5,6)34(7,8)46-35;1-3-18(2)25(33)31-23(19-10-5-4-6-11-19)27(35)32-17-9-14-22(32)26(34)30-21-13-8-7-12-20(21)24-28-15-16-29-24;1-8(2,3)13-7(12)11-5-4-10-6(11)9/h12-13,17-18,20,22-24,27-28H,9-11,14-16,19,21H2,1-8H3,(H,38,44)(H,39,43);13-14,18-19,22-23,26-27H,10-12,15-17,20-21H2,1-9H3,(H,36,41)(H,37,40);7-8,12-13,15-16,18-19,22-23H,3-6,9-11,14,17H2,1-2H3,(H,28,29)(H,30,34)(H,31,33);4-5H,1-3H3/t23-,27-,28-;22-,26-,27-;18-,22+,23+;/m001./s1. The molecule has 0 unspecified atom stereocenters. The van der Waals surface area contributed by atoms with Gasteiger partial charge in [-0.05, 0) is 272 Å². The van der Waals surface area contributed by atoms with Crippen LogP contribution in [0.15, 0.2) is 115 Å². The molecule has 36 nitrogen and oxygen atoms in total. The largest absolute Gasteiger partial charge is 0.496 e. The topological polar surface area (TPSA) is 430 Å². The van der Waals surface area contributed by atoms with Crippen molar-refractivity contribution < 1.29 is 90.6 Å². The Kier molecular flexibility index (Phi) is 39.5. The maximum Gasteiger partial charge on any atom is 0.496 e. The molecule has 0 spiro atoms. The van der Waals surface area contributed by atoms with Crippen LogP contribution >= 0.6 is 15.9 Å². The number of H-pyrrole nitrogens is 1. The van der Waals surface area contributed by atoms with E-state index < -0.39 is 125 Å². The monoisotopic (exact) mass is 2050 g/mol. The molecule has 0 bridgehead atoms. The van der Waals surface area contributed by atoms with Gasteiger partial charge in [-0.15, -0.1) is 0 Å². The van der Waals surface area contributed by atoms with Crippen LogP contribution in [0.2, 0.25) is 0 Å². The quantitative estimate of drug-likeness (QED) is 0.0219. The van der Waals surface area contributed by atoms with Gasteiger partial charge in [-0.1, -0.05) is 114 Å². The lowest BCUT2D eigenvalue weighted by Gasteiger charge is -2.36. The first kappa shape index (κ1) is 113. The number of carbonyl (C=O) groups excluding carboxylic acids is 13. The Morgan fingerprint density at radius 1 is 0.448 bits per heavy atom. The zero-order chi connectivity index (χ0) is 105. The van der Waals surface area contributed by atoms with Gasteiger partial charge in [0, 0.05) is 99.1 Å². The maximum atomic E-state index is 14.3. The molecule has 3 saturated carbocycles. The fourth-order valence-electron chi connectivity index (χ4n) is 18.5.